The minimum atomic E-state index is -0.402. The van der Waals surface area contributed by atoms with Gasteiger partial charge in [0.2, 0.25) is 5.91 Å². The number of carbonyl (C=O) groups is 1. The average molecular weight is 254 g/mol. The first-order valence-electron chi connectivity index (χ1n) is 5.93. The number of anilines is 1. The molecule has 3 N–H and O–H groups in total. The second-order valence-corrected chi connectivity index (χ2v) is 4.17. The first-order valence-corrected chi connectivity index (χ1v) is 5.93. The highest BCUT2D eigenvalue weighted by atomic mass is 19.1. The number of rotatable bonds is 6. The summed E-state index contributed by atoms with van der Waals surface area (Å²) in [5.41, 5.74) is 5.87. The first kappa shape index (κ1) is 14.4. The topological polar surface area (TPSA) is 64.3 Å². The number of carbonyl (C=O) groups excluding carboxylic acids is 1. The lowest BCUT2D eigenvalue weighted by Gasteiger charge is -2.14. The zero-order valence-corrected chi connectivity index (χ0v) is 10.7. The van der Waals surface area contributed by atoms with E-state index in [0.717, 1.165) is 12.8 Å². The fourth-order valence-corrected chi connectivity index (χ4v) is 1.58. The summed E-state index contributed by atoms with van der Waals surface area (Å²) in [7, 11) is 1.43. The molecule has 0 aliphatic heterocycles. The van der Waals surface area contributed by atoms with Crippen LogP contribution >= 0.6 is 0 Å². The lowest BCUT2D eigenvalue weighted by molar-refractivity contribution is -0.119. The van der Waals surface area contributed by atoms with E-state index in [4.69, 9.17) is 10.5 Å². The summed E-state index contributed by atoms with van der Waals surface area (Å²) in [6, 6.07) is 4.00. The molecule has 0 fully saturated rings. The SMILES string of the molecule is COc1cc(F)ccc1NC(=O)C(C)CCCN. The molecule has 1 aromatic rings. The Kier molecular flexibility index (Phi) is 5.58. The minimum absolute atomic E-state index is 0.117. The molecule has 0 bridgehead atoms. The van der Waals surface area contributed by atoms with Crippen LogP contribution in [0.5, 0.6) is 5.75 Å². The normalized spacial score (nSPS) is 12.0. The first-order chi connectivity index (χ1) is 8.58. The molecule has 5 heteroatoms. The number of halogens is 1. The van der Waals surface area contributed by atoms with Crippen LogP contribution in [0, 0.1) is 11.7 Å². The Hall–Kier alpha value is -1.62. The predicted octanol–water partition coefficient (Wildman–Crippen LogP) is 2.15. The van der Waals surface area contributed by atoms with Gasteiger partial charge in [-0.05, 0) is 31.5 Å². The molecule has 1 rings (SSSR count). The molecule has 0 radical (unpaired) electrons. The third kappa shape index (κ3) is 4.00. The van der Waals surface area contributed by atoms with Gasteiger partial charge in [0.1, 0.15) is 11.6 Å². The van der Waals surface area contributed by atoms with Gasteiger partial charge in [0.25, 0.3) is 0 Å². The monoisotopic (exact) mass is 254 g/mol. The quantitative estimate of drug-likeness (QED) is 0.817. The molecule has 1 atom stereocenters. The van der Waals surface area contributed by atoms with Gasteiger partial charge >= 0.3 is 0 Å². The minimum Gasteiger partial charge on any atom is -0.494 e. The van der Waals surface area contributed by atoms with E-state index >= 15 is 0 Å². The van der Waals surface area contributed by atoms with Gasteiger partial charge < -0.3 is 15.8 Å². The van der Waals surface area contributed by atoms with E-state index in [2.05, 4.69) is 5.32 Å². The summed E-state index contributed by atoms with van der Waals surface area (Å²) in [5, 5.41) is 2.73. The molecule has 0 aromatic heterocycles. The predicted molar refractivity (Wildman–Crippen MR) is 69.0 cm³/mol. The van der Waals surface area contributed by atoms with Crippen LogP contribution in [0.15, 0.2) is 18.2 Å². The van der Waals surface area contributed by atoms with E-state index in [9.17, 15) is 9.18 Å². The van der Waals surface area contributed by atoms with Crippen molar-refractivity contribution in [2.45, 2.75) is 19.8 Å². The van der Waals surface area contributed by atoms with Crippen LogP contribution in [-0.4, -0.2) is 19.6 Å². The van der Waals surface area contributed by atoms with Crippen LogP contribution in [0.1, 0.15) is 19.8 Å². The lowest BCUT2D eigenvalue weighted by Crippen LogP contribution is -2.21. The van der Waals surface area contributed by atoms with Crippen molar-refractivity contribution in [3.05, 3.63) is 24.0 Å². The van der Waals surface area contributed by atoms with Crippen molar-refractivity contribution in [3.8, 4) is 5.75 Å². The second-order valence-electron chi connectivity index (χ2n) is 4.17. The Morgan fingerprint density at radius 1 is 1.56 bits per heavy atom. The maximum absolute atomic E-state index is 13.0. The van der Waals surface area contributed by atoms with Crippen LogP contribution in [-0.2, 0) is 4.79 Å². The van der Waals surface area contributed by atoms with E-state index in [1.165, 1.54) is 25.3 Å². The molecule has 0 aliphatic rings. The molecule has 0 saturated carbocycles. The molecule has 18 heavy (non-hydrogen) atoms. The largest absolute Gasteiger partial charge is 0.494 e. The van der Waals surface area contributed by atoms with Gasteiger partial charge in [-0.25, -0.2) is 4.39 Å². The highest BCUT2D eigenvalue weighted by Gasteiger charge is 2.14. The van der Waals surface area contributed by atoms with Gasteiger partial charge in [0, 0.05) is 12.0 Å². The average Bonchev–Trinajstić information content (AvgIpc) is 2.37. The van der Waals surface area contributed by atoms with E-state index in [0.29, 0.717) is 18.0 Å². The third-order valence-corrected chi connectivity index (χ3v) is 2.71. The van der Waals surface area contributed by atoms with Gasteiger partial charge in [-0.2, -0.15) is 0 Å². The lowest BCUT2D eigenvalue weighted by atomic mass is 10.0. The smallest absolute Gasteiger partial charge is 0.227 e. The summed E-state index contributed by atoms with van der Waals surface area (Å²) in [4.78, 5) is 11.9. The number of hydrogen-bond acceptors (Lipinski definition) is 3. The molecule has 0 saturated heterocycles. The summed E-state index contributed by atoms with van der Waals surface area (Å²) < 4.78 is 18.0. The van der Waals surface area contributed by atoms with Gasteiger partial charge in [0.05, 0.1) is 12.8 Å². The fraction of sp³-hybridized carbons (Fsp3) is 0.462. The summed E-state index contributed by atoms with van der Waals surface area (Å²) in [5.74, 6) is -0.341. The van der Waals surface area contributed by atoms with E-state index < -0.39 is 5.82 Å². The molecule has 1 amide bonds. The summed E-state index contributed by atoms with van der Waals surface area (Å²) in [6.07, 6.45) is 1.53. The third-order valence-electron chi connectivity index (χ3n) is 2.71. The highest BCUT2D eigenvalue weighted by Crippen LogP contribution is 2.25. The van der Waals surface area contributed by atoms with Crippen LogP contribution in [0.25, 0.3) is 0 Å². The standard InChI is InChI=1S/C13H19FN2O2/c1-9(4-3-7-15)13(17)16-11-6-5-10(14)8-12(11)18-2/h5-6,8-9H,3-4,7,15H2,1-2H3,(H,16,17). The molecule has 0 heterocycles. The van der Waals surface area contributed by atoms with Crippen molar-refractivity contribution in [1.29, 1.82) is 0 Å². The highest BCUT2D eigenvalue weighted by molar-refractivity contribution is 5.93. The van der Waals surface area contributed by atoms with E-state index in [1.807, 2.05) is 6.92 Å². The maximum atomic E-state index is 13.0. The number of ether oxygens (including phenoxy) is 1. The van der Waals surface area contributed by atoms with Crippen molar-refractivity contribution < 1.29 is 13.9 Å². The van der Waals surface area contributed by atoms with Crippen molar-refractivity contribution in [1.82, 2.24) is 0 Å². The number of nitrogens with one attached hydrogen (secondary N) is 1. The van der Waals surface area contributed by atoms with Crippen LogP contribution < -0.4 is 15.8 Å². The Bertz CT molecular complexity index is 410. The van der Waals surface area contributed by atoms with Gasteiger partial charge in [-0.15, -0.1) is 0 Å². The van der Waals surface area contributed by atoms with E-state index in [1.54, 1.807) is 0 Å². The van der Waals surface area contributed by atoms with Crippen LogP contribution in [0.2, 0.25) is 0 Å². The molecule has 0 spiro atoms. The maximum Gasteiger partial charge on any atom is 0.227 e. The molecular weight excluding hydrogens is 235 g/mol. The Labute approximate surface area is 106 Å². The number of hydrogen-bond donors (Lipinski definition) is 2. The van der Waals surface area contributed by atoms with Crippen LogP contribution in [0.3, 0.4) is 0 Å². The molecule has 1 aromatic carbocycles. The number of amides is 1. The zero-order chi connectivity index (χ0) is 13.5. The molecule has 0 aliphatic carbocycles. The fourth-order valence-electron chi connectivity index (χ4n) is 1.58. The van der Waals surface area contributed by atoms with Crippen molar-refractivity contribution in [3.63, 3.8) is 0 Å². The summed E-state index contributed by atoms with van der Waals surface area (Å²) in [6.45, 7) is 2.40. The molecule has 100 valence electrons. The van der Waals surface area contributed by atoms with Gasteiger partial charge in [0.15, 0.2) is 0 Å². The van der Waals surface area contributed by atoms with Crippen molar-refractivity contribution in [2.75, 3.05) is 19.0 Å². The Balaban J connectivity index is 2.69. The van der Waals surface area contributed by atoms with E-state index in [-0.39, 0.29) is 11.8 Å². The van der Waals surface area contributed by atoms with Gasteiger partial charge in [-0.1, -0.05) is 6.92 Å². The molecular formula is C13H19FN2O2. The number of benzene rings is 1. The number of methoxy groups -OCH3 is 1. The number of nitrogens with two attached hydrogens (primary N) is 1. The Morgan fingerprint density at radius 2 is 2.28 bits per heavy atom. The van der Waals surface area contributed by atoms with Crippen LogP contribution in [0.4, 0.5) is 10.1 Å². The zero-order valence-electron chi connectivity index (χ0n) is 10.7. The van der Waals surface area contributed by atoms with Crippen molar-refractivity contribution >= 4 is 11.6 Å². The second kappa shape index (κ2) is 6.96. The summed E-state index contributed by atoms with van der Waals surface area (Å²) >= 11 is 0. The Morgan fingerprint density at radius 3 is 2.89 bits per heavy atom. The molecule has 4 nitrogen and oxygen atoms in total. The van der Waals surface area contributed by atoms with Crippen molar-refractivity contribution in [2.24, 2.45) is 11.7 Å². The molecule has 1 unspecified atom stereocenters. The van der Waals surface area contributed by atoms with Gasteiger partial charge in [-0.3, -0.25) is 4.79 Å².